The van der Waals surface area contributed by atoms with E-state index in [4.69, 9.17) is 0 Å². The van der Waals surface area contributed by atoms with Crippen LogP contribution in [-0.4, -0.2) is 37.0 Å². The van der Waals surface area contributed by atoms with Crippen molar-refractivity contribution in [2.24, 2.45) is 5.92 Å². The molecule has 0 amide bonds. The minimum Gasteiger partial charge on any atom is -0.349 e. The van der Waals surface area contributed by atoms with E-state index in [2.05, 4.69) is 28.7 Å². The first kappa shape index (κ1) is 9.26. The monoisotopic (exact) mass is 217 g/mol. The van der Waals surface area contributed by atoms with Crippen molar-refractivity contribution in [3.63, 3.8) is 0 Å². The molecule has 1 aliphatic heterocycles. The van der Waals surface area contributed by atoms with Gasteiger partial charge in [-0.2, -0.15) is 0 Å². The third-order valence-electron chi connectivity index (χ3n) is 2.34. The standard InChI is InChI=1S/C7H13BBrNO/c8-10-3-1-6(2-4-10)7(9)5-11/h5-7H,1-4,8H2. The van der Waals surface area contributed by atoms with Gasteiger partial charge in [0.1, 0.15) is 6.29 Å². The summed E-state index contributed by atoms with van der Waals surface area (Å²) in [5.41, 5.74) is 0. The van der Waals surface area contributed by atoms with Gasteiger partial charge in [-0.05, 0) is 31.8 Å². The number of halogens is 1. The number of hydrogen-bond acceptors (Lipinski definition) is 2. The fourth-order valence-corrected chi connectivity index (χ4v) is 1.99. The third kappa shape index (κ3) is 2.60. The van der Waals surface area contributed by atoms with Crippen LogP contribution in [0.4, 0.5) is 0 Å². The Balaban J connectivity index is 2.32. The molecule has 1 unspecified atom stereocenters. The van der Waals surface area contributed by atoms with Crippen LogP contribution in [0.2, 0.25) is 0 Å². The molecular formula is C7H13BBrNO. The Morgan fingerprint density at radius 3 is 2.55 bits per heavy atom. The van der Waals surface area contributed by atoms with Crippen molar-refractivity contribution < 1.29 is 4.79 Å². The van der Waals surface area contributed by atoms with Crippen molar-refractivity contribution >= 4 is 30.2 Å². The lowest BCUT2D eigenvalue weighted by Gasteiger charge is -2.30. The van der Waals surface area contributed by atoms with Crippen LogP contribution in [-0.2, 0) is 4.79 Å². The predicted molar refractivity (Wildman–Crippen MR) is 51.6 cm³/mol. The smallest absolute Gasteiger partial charge is 0.185 e. The number of alkyl halides is 1. The van der Waals surface area contributed by atoms with Gasteiger partial charge in [-0.3, -0.25) is 0 Å². The molecular weight excluding hydrogens is 205 g/mol. The number of piperidine rings is 1. The summed E-state index contributed by atoms with van der Waals surface area (Å²) in [7, 11) is 2.13. The highest BCUT2D eigenvalue weighted by Crippen LogP contribution is 2.22. The van der Waals surface area contributed by atoms with Crippen LogP contribution in [0.25, 0.3) is 0 Å². The van der Waals surface area contributed by atoms with Crippen LogP contribution < -0.4 is 0 Å². The Morgan fingerprint density at radius 1 is 1.55 bits per heavy atom. The van der Waals surface area contributed by atoms with Gasteiger partial charge in [-0.25, -0.2) is 0 Å². The van der Waals surface area contributed by atoms with Crippen molar-refractivity contribution in [2.75, 3.05) is 13.1 Å². The summed E-state index contributed by atoms with van der Waals surface area (Å²) < 4.78 is 0. The highest BCUT2D eigenvalue weighted by Gasteiger charge is 2.22. The average Bonchev–Trinajstić information content (AvgIpc) is 2.05. The molecule has 0 N–H and O–H groups in total. The Kier molecular flexibility index (Phi) is 3.59. The highest BCUT2D eigenvalue weighted by molar-refractivity contribution is 9.09. The van der Waals surface area contributed by atoms with E-state index in [1.165, 1.54) is 0 Å². The second-order valence-electron chi connectivity index (χ2n) is 3.22. The summed E-state index contributed by atoms with van der Waals surface area (Å²) in [6.45, 7) is 2.25. The number of carbonyl (C=O) groups excluding carboxylic acids is 1. The molecule has 1 aliphatic rings. The molecule has 1 heterocycles. The second kappa shape index (κ2) is 4.26. The number of nitrogens with zero attached hydrogens (tertiary/aromatic N) is 1. The predicted octanol–water partition coefficient (Wildman–Crippen LogP) is 0.209. The van der Waals surface area contributed by atoms with Crippen LogP contribution >= 0.6 is 15.9 Å². The van der Waals surface area contributed by atoms with Crippen molar-refractivity contribution in [1.82, 2.24) is 4.81 Å². The van der Waals surface area contributed by atoms with Crippen molar-refractivity contribution in [3.05, 3.63) is 0 Å². The molecule has 0 spiro atoms. The molecule has 0 aromatic rings. The fraction of sp³-hybridized carbons (Fsp3) is 0.857. The lowest BCUT2D eigenvalue weighted by Crippen LogP contribution is -2.34. The summed E-state index contributed by atoms with van der Waals surface area (Å²) >= 11 is 3.37. The van der Waals surface area contributed by atoms with Gasteiger partial charge in [0.05, 0.1) is 4.83 Å². The molecule has 0 bridgehead atoms. The minimum atomic E-state index is 0.0798. The zero-order valence-electron chi connectivity index (χ0n) is 6.79. The molecule has 2 nitrogen and oxygen atoms in total. The van der Waals surface area contributed by atoms with Gasteiger partial charge in [0.25, 0.3) is 0 Å². The first-order valence-electron chi connectivity index (χ1n) is 4.02. The lowest BCUT2D eigenvalue weighted by atomic mass is 9.93. The largest absolute Gasteiger partial charge is 0.349 e. The number of carbonyl (C=O) groups is 1. The normalized spacial score (nSPS) is 24.8. The summed E-state index contributed by atoms with van der Waals surface area (Å²) in [6, 6.07) is 0. The first-order valence-corrected chi connectivity index (χ1v) is 4.93. The van der Waals surface area contributed by atoms with Gasteiger partial charge in [0, 0.05) is 0 Å². The topological polar surface area (TPSA) is 20.3 Å². The Morgan fingerprint density at radius 2 is 2.09 bits per heavy atom. The number of hydrogen-bond donors (Lipinski definition) is 0. The van der Waals surface area contributed by atoms with E-state index in [1.54, 1.807) is 0 Å². The summed E-state index contributed by atoms with van der Waals surface area (Å²) in [5, 5.41) is 0. The Hall–Kier alpha value is 0.175. The number of aldehydes is 1. The van der Waals surface area contributed by atoms with E-state index in [1.807, 2.05) is 0 Å². The molecule has 0 saturated carbocycles. The molecule has 62 valence electrons. The van der Waals surface area contributed by atoms with E-state index in [9.17, 15) is 4.79 Å². The first-order chi connectivity index (χ1) is 5.24. The SMILES string of the molecule is BN1CCC(C(Br)C=O)CC1. The molecule has 0 aliphatic carbocycles. The van der Waals surface area contributed by atoms with Gasteiger partial charge in [0.15, 0.2) is 7.98 Å². The van der Waals surface area contributed by atoms with E-state index in [-0.39, 0.29) is 4.83 Å². The van der Waals surface area contributed by atoms with Gasteiger partial charge in [-0.15, -0.1) is 0 Å². The second-order valence-corrected chi connectivity index (χ2v) is 4.28. The van der Waals surface area contributed by atoms with Crippen molar-refractivity contribution in [3.8, 4) is 0 Å². The molecule has 1 rings (SSSR count). The molecule has 1 saturated heterocycles. The molecule has 11 heavy (non-hydrogen) atoms. The summed E-state index contributed by atoms with van der Waals surface area (Å²) in [5.74, 6) is 0.559. The van der Waals surface area contributed by atoms with Crippen molar-refractivity contribution in [1.29, 1.82) is 0 Å². The van der Waals surface area contributed by atoms with Gasteiger partial charge < -0.3 is 9.61 Å². The van der Waals surface area contributed by atoms with Crippen LogP contribution in [0.15, 0.2) is 0 Å². The highest BCUT2D eigenvalue weighted by atomic mass is 79.9. The minimum absolute atomic E-state index is 0.0798. The molecule has 0 aromatic carbocycles. The maximum absolute atomic E-state index is 10.4. The van der Waals surface area contributed by atoms with Crippen LogP contribution in [0.5, 0.6) is 0 Å². The molecule has 4 heteroatoms. The molecule has 1 atom stereocenters. The molecule has 0 aromatic heterocycles. The molecule has 0 radical (unpaired) electrons. The average molecular weight is 218 g/mol. The van der Waals surface area contributed by atoms with E-state index >= 15 is 0 Å². The number of rotatable bonds is 2. The van der Waals surface area contributed by atoms with E-state index < -0.39 is 0 Å². The Labute approximate surface area is 76.9 Å². The van der Waals surface area contributed by atoms with E-state index in [0.717, 1.165) is 32.2 Å². The Bertz CT molecular complexity index is 136. The maximum Gasteiger partial charge on any atom is 0.185 e. The van der Waals surface area contributed by atoms with E-state index in [0.29, 0.717) is 5.92 Å². The van der Waals surface area contributed by atoms with Crippen LogP contribution in [0.3, 0.4) is 0 Å². The van der Waals surface area contributed by atoms with Crippen molar-refractivity contribution in [2.45, 2.75) is 17.7 Å². The maximum atomic E-state index is 10.4. The van der Waals surface area contributed by atoms with Gasteiger partial charge in [-0.1, -0.05) is 15.9 Å². The third-order valence-corrected chi connectivity index (χ3v) is 3.31. The fourth-order valence-electron chi connectivity index (χ4n) is 1.46. The quantitative estimate of drug-likeness (QED) is 0.375. The lowest BCUT2D eigenvalue weighted by molar-refractivity contribution is -0.108. The van der Waals surface area contributed by atoms with Gasteiger partial charge in [0.2, 0.25) is 0 Å². The summed E-state index contributed by atoms with van der Waals surface area (Å²) in [4.78, 5) is 12.8. The summed E-state index contributed by atoms with van der Waals surface area (Å²) in [6.07, 6.45) is 3.30. The van der Waals surface area contributed by atoms with Gasteiger partial charge >= 0.3 is 0 Å². The molecule has 1 fully saturated rings. The van der Waals surface area contributed by atoms with Crippen LogP contribution in [0.1, 0.15) is 12.8 Å². The van der Waals surface area contributed by atoms with Crippen LogP contribution in [0, 0.1) is 5.92 Å². The zero-order valence-corrected chi connectivity index (χ0v) is 8.38. The zero-order chi connectivity index (χ0) is 8.27.